The van der Waals surface area contributed by atoms with Gasteiger partial charge in [0.2, 0.25) is 0 Å². The Labute approximate surface area is 194 Å². The Morgan fingerprint density at radius 2 is 1.94 bits per heavy atom. The highest BCUT2D eigenvalue weighted by Gasteiger charge is 2.39. The van der Waals surface area contributed by atoms with Gasteiger partial charge in [0.05, 0.1) is 28.0 Å². The Morgan fingerprint density at radius 3 is 2.79 bits per heavy atom. The zero-order valence-electron chi connectivity index (χ0n) is 17.9. The molecule has 8 heteroatoms. The second-order valence-electron chi connectivity index (χ2n) is 8.20. The van der Waals surface area contributed by atoms with Crippen molar-refractivity contribution in [2.75, 3.05) is 20.2 Å². The van der Waals surface area contributed by atoms with Gasteiger partial charge < -0.3 is 14.6 Å². The van der Waals surface area contributed by atoms with Gasteiger partial charge in [-0.15, -0.1) is 11.3 Å². The number of thiazole rings is 1. The third-order valence-corrected chi connectivity index (χ3v) is 7.48. The van der Waals surface area contributed by atoms with Crippen LogP contribution in [0.5, 0.6) is 0 Å². The fourth-order valence-corrected chi connectivity index (χ4v) is 5.88. The van der Waals surface area contributed by atoms with Crippen LogP contribution in [0.2, 0.25) is 0 Å². The molecule has 3 aromatic heterocycles. The molecular formula is C25H21N5O2S. The van der Waals surface area contributed by atoms with Gasteiger partial charge in [-0.3, -0.25) is 0 Å². The van der Waals surface area contributed by atoms with Crippen LogP contribution in [-0.4, -0.2) is 51.1 Å². The van der Waals surface area contributed by atoms with Crippen LogP contribution in [0.3, 0.4) is 0 Å². The molecule has 5 aromatic rings. The predicted octanol–water partition coefficient (Wildman–Crippen LogP) is 5.18. The summed E-state index contributed by atoms with van der Waals surface area (Å²) in [5, 5.41) is 2.03. The second-order valence-corrected chi connectivity index (χ2v) is 9.26. The molecule has 0 spiro atoms. The maximum Gasteiger partial charge on any atom is 0.409 e. The fourth-order valence-electron chi connectivity index (χ4n) is 4.72. The summed E-state index contributed by atoms with van der Waals surface area (Å²) in [5.74, 6) is 0.287. The number of methoxy groups -OCH3 is 1. The number of likely N-dealkylation sites (tertiary alicyclic amines) is 1. The van der Waals surface area contributed by atoms with Crippen LogP contribution in [0.1, 0.15) is 22.4 Å². The molecule has 1 aliphatic heterocycles. The minimum Gasteiger partial charge on any atom is -0.453 e. The van der Waals surface area contributed by atoms with Crippen molar-refractivity contribution in [1.82, 2.24) is 24.8 Å². The van der Waals surface area contributed by atoms with E-state index < -0.39 is 0 Å². The fraction of sp³-hybridized carbons (Fsp3) is 0.200. The van der Waals surface area contributed by atoms with E-state index in [0.717, 1.165) is 37.5 Å². The highest BCUT2D eigenvalue weighted by atomic mass is 32.1. The van der Waals surface area contributed by atoms with Crippen LogP contribution in [-0.2, 0) is 4.74 Å². The number of nitrogens with one attached hydrogen (secondary N) is 1. The van der Waals surface area contributed by atoms with Crippen LogP contribution < -0.4 is 0 Å². The number of ether oxygens (including phenoxy) is 1. The number of carbonyl (C=O) groups excluding carboxylic acids is 1. The van der Waals surface area contributed by atoms with Crippen LogP contribution >= 0.6 is 11.3 Å². The van der Waals surface area contributed by atoms with E-state index in [2.05, 4.69) is 45.3 Å². The summed E-state index contributed by atoms with van der Waals surface area (Å²) in [5.41, 5.74) is 4.93. The molecule has 2 atom stereocenters. The molecule has 0 aliphatic carbocycles. The summed E-state index contributed by atoms with van der Waals surface area (Å²) in [6, 6.07) is 18.6. The summed E-state index contributed by atoms with van der Waals surface area (Å²) in [6.07, 6.45) is 3.17. The van der Waals surface area contributed by atoms with Crippen molar-refractivity contribution < 1.29 is 9.53 Å². The van der Waals surface area contributed by atoms with Crippen molar-refractivity contribution in [3.63, 3.8) is 0 Å². The third kappa shape index (κ3) is 3.43. The molecule has 1 amide bonds. The van der Waals surface area contributed by atoms with Crippen molar-refractivity contribution in [1.29, 1.82) is 0 Å². The molecule has 6 rings (SSSR count). The van der Waals surface area contributed by atoms with Crippen molar-refractivity contribution in [2.24, 2.45) is 0 Å². The molecule has 7 nitrogen and oxygen atoms in total. The van der Waals surface area contributed by atoms with Crippen molar-refractivity contribution in [3.8, 4) is 11.3 Å². The summed E-state index contributed by atoms with van der Waals surface area (Å²) < 4.78 is 6.11. The molecule has 1 N–H and O–H groups in total. The average Bonchev–Trinajstić information content (AvgIpc) is 3.60. The van der Waals surface area contributed by atoms with Gasteiger partial charge in [-0.1, -0.05) is 36.4 Å². The zero-order valence-corrected chi connectivity index (χ0v) is 18.7. The molecule has 0 bridgehead atoms. The van der Waals surface area contributed by atoms with Gasteiger partial charge in [-0.05, 0) is 23.8 Å². The standard InChI is InChI=1S/C25H21N5O2S/c1-32-25(31)30-12-18(15-5-3-2-4-6-15)19(13-30)24-29-20-8-7-16(11-21(20)33-24)22-17-9-10-26-23(17)28-14-27-22/h2-11,14,18-19H,12-13H2,1H3,(H,26,27,28). The van der Waals surface area contributed by atoms with E-state index >= 15 is 0 Å². The van der Waals surface area contributed by atoms with Gasteiger partial charge >= 0.3 is 6.09 Å². The SMILES string of the molecule is COC(=O)N1CC(c2ccccc2)C(c2nc3ccc(-c4ncnc5[nH]ccc45)cc3s2)C1. The third-order valence-electron chi connectivity index (χ3n) is 6.33. The monoisotopic (exact) mass is 455 g/mol. The smallest absolute Gasteiger partial charge is 0.409 e. The van der Waals surface area contributed by atoms with Crippen LogP contribution in [0, 0.1) is 0 Å². The number of rotatable bonds is 3. The Hall–Kier alpha value is -3.78. The molecule has 2 aromatic carbocycles. The van der Waals surface area contributed by atoms with E-state index in [-0.39, 0.29) is 17.9 Å². The molecule has 0 saturated carbocycles. The number of aromatic nitrogens is 4. The number of nitrogens with zero attached hydrogens (tertiary/aromatic N) is 4. The van der Waals surface area contributed by atoms with Gasteiger partial charge in [0.1, 0.15) is 12.0 Å². The predicted molar refractivity (Wildman–Crippen MR) is 128 cm³/mol. The zero-order chi connectivity index (χ0) is 22.4. The Kier molecular flexibility index (Phi) is 4.80. The second kappa shape index (κ2) is 7.97. The first-order valence-corrected chi connectivity index (χ1v) is 11.6. The quantitative estimate of drug-likeness (QED) is 0.405. The Bertz CT molecular complexity index is 1460. The maximum absolute atomic E-state index is 12.3. The lowest BCUT2D eigenvalue weighted by molar-refractivity contribution is 0.132. The molecule has 1 aliphatic rings. The lowest BCUT2D eigenvalue weighted by atomic mass is 9.89. The average molecular weight is 456 g/mol. The maximum atomic E-state index is 12.3. The largest absolute Gasteiger partial charge is 0.453 e. The van der Waals surface area contributed by atoms with Gasteiger partial charge in [0.15, 0.2) is 0 Å². The van der Waals surface area contributed by atoms with E-state index in [1.165, 1.54) is 12.7 Å². The first-order chi connectivity index (χ1) is 16.2. The summed E-state index contributed by atoms with van der Waals surface area (Å²) in [7, 11) is 1.43. The lowest BCUT2D eigenvalue weighted by Gasteiger charge is -2.16. The molecule has 1 saturated heterocycles. The first-order valence-electron chi connectivity index (χ1n) is 10.8. The molecule has 4 heterocycles. The molecule has 1 fully saturated rings. The molecule has 164 valence electrons. The minimum absolute atomic E-state index is 0.114. The number of H-pyrrole nitrogens is 1. The molecule has 33 heavy (non-hydrogen) atoms. The number of fused-ring (bicyclic) bond motifs is 2. The van der Waals surface area contributed by atoms with Gasteiger partial charge in [-0.25, -0.2) is 19.7 Å². The number of aromatic amines is 1. The minimum atomic E-state index is -0.291. The van der Waals surface area contributed by atoms with Gasteiger partial charge in [0.25, 0.3) is 0 Å². The van der Waals surface area contributed by atoms with E-state index in [1.807, 2.05) is 30.5 Å². The number of amides is 1. The summed E-state index contributed by atoms with van der Waals surface area (Å²) in [4.78, 5) is 31.0. The Morgan fingerprint density at radius 1 is 1.09 bits per heavy atom. The van der Waals surface area contributed by atoms with Crippen LogP contribution in [0.25, 0.3) is 32.5 Å². The highest BCUT2D eigenvalue weighted by Crippen LogP contribution is 2.43. The van der Waals surface area contributed by atoms with Crippen LogP contribution in [0.4, 0.5) is 4.79 Å². The van der Waals surface area contributed by atoms with Gasteiger partial charge in [-0.2, -0.15) is 0 Å². The number of hydrogen-bond donors (Lipinski definition) is 1. The molecule has 2 unspecified atom stereocenters. The van der Waals surface area contributed by atoms with Crippen molar-refractivity contribution in [2.45, 2.75) is 11.8 Å². The molecule has 0 radical (unpaired) electrons. The van der Waals surface area contributed by atoms with E-state index in [9.17, 15) is 4.79 Å². The normalized spacial score (nSPS) is 18.3. The summed E-state index contributed by atoms with van der Waals surface area (Å²) >= 11 is 1.69. The van der Waals surface area contributed by atoms with Crippen molar-refractivity contribution in [3.05, 3.63) is 77.7 Å². The molecular weight excluding hydrogens is 434 g/mol. The lowest BCUT2D eigenvalue weighted by Crippen LogP contribution is -2.28. The number of benzene rings is 2. The van der Waals surface area contributed by atoms with E-state index in [4.69, 9.17) is 9.72 Å². The number of carbonyl (C=O) groups is 1. The van der Waals surface area contributed by atoms with Gasteiger partial charge in [0, 0.05) is 42.1 Å². The van der Waals surface area contributed by atoms with E-state index in [1.54, 1.807) is 22.6 Å². The highest BCUT2D eigenvalue weighted by molar-refractivity contribution is 7.18. The summed E-state index contributed by atoms with van der Waals surface area (Å²) in [6.45, 7) is 1.21. The van der Waals surface area contributed by atoms with Crippen molar-refractivity contribution >= 4 is 38.7 Å². The Balaban J connectivity index is 1.40. The number of hydrogen-bond acceptors (Lipinski definition) is 6. The van der Waals surface area contributed by atoms with E-state index in [0.29, 0.717) is 13.1 Å². The first kappa shape index (κ1) is 19.9. The topological polar surface area (TPSA) is 84.0 Å². The van der Waals surface area contributed by atoms with Crippen LogP contribution in [0.15, 0.2) is 67.1 Å².